The average Bonchev–Trinajstić information content (AvgIpc) is 2.35. The summed E-state index contributed by atoms with van der Waals surface area (Å²) in [5.41, 5.74) is 9.20. The van der Waals surface area contributed by atoms with Gasteiger partial charge in [0.2, 0.25) is 0 Å². The van der Waals surface area contributed by atoms with Crippen molar-refractivity contribution in [2.45, 2.75) is 32.2 Å². The quantitative estimate of drug-likeness (QED) is 0.868. The third kappa shape index (κ3) is 2.68. The molecule has 18 heavy (non-hydrogen) atoms. The first-order valence-corrected chi connectivity index (χ1v) is 6.35. The molecule has 1 heterocycles. The van der Waals surface area contributed by atoms with Crippen molar-refractivity contribution in [2.75, 3.05) is 6.61 Å². The molecule has 0 saturated carbocycles. The predicted octanol–water partition coefficient (Wildman–Crippen LogP) is 2.36. The van der Waals surface area contributed by atoms with Gasteiger partial charge in [-0.25, -0.2) is 0 Å². The summed E-state index contributed by atoms with van der Waals surface area (Å²) < 4.78 is 0. The summed E-state index contributed by atoms with van der Waals surface area (Å²) >= 11 is 0. The maximum Gasteiger partial charge on any atom is 0.0705 e. The molecule has 3 heteroatoms. The maximum absolute atomic E-state index is 9.13. The Morgan fingerprint density at radius 1 is 1.28 bits per heavy atom. The zero-order chi connectivity index (χ0) is 13.1. The van der Waals surface area contributed by atoms with Crippen LogP contribution in [0.4, 0.5) is 0 Å². The summed E-state index contributed by atoms with van der Waals surface area (Å²) in [5.74, 6) is 0.195. The van der Waals surface area contributed by atoms with Crippen LogP contribution in [0.25, 0.3) is 10.9 Å². The van der Waals surface area contributed by atoms with Gasteiger partial charge < -0.3 is 10.8 Å². The molecule has 2 atom stereocenters. The van der Waals surface area contributed by atoms with E-state index >= 15 is 0 Å². The fraction of sp³-hybridized carbons (Fsp3) is 0.400. The Morgan fingerprint density at radius 3 is 2.72 bits per heavy atom. The summed E-state index contributed by atoms with van der Waals surface area (Å²) in [5, 5.41) is 10.3. The minimum Gasteiger partial charge on any atom is -0.396 e. The molecule has 1 aromatic heterocycles. The Kier molecular flexibility index (Phi) is 3.94. The zero-order valence-corrected chi connectivity index (χ0v) is 10.9. The SMILES string of the molecule is Cc1ccc2cc(C(CCO)C(C)N)ccc2n1. The van der Waals surface area contributed by atoms with E-state index in [1.165, 1.54) is 5.56 Å². The van der Waals surface area contributed by atoms with Crippen LogP contribution in [0.1, 0.15) is 30.5 Å². The smallest absolute Gasteiger partial charge is 0.0705 e. The number of rotatable bonds is 4. The summed E-state index contributed by atoms with van der Waals surface area (Å²) in [6, 6.07) is 10.4. The fourth-order valence-electron chi connectivity index (χ4n) is 2.35. The number of aliphatic hydroxyl groups is 1. The molecule has 96 valence electrons. The van der Waals surface area contributed by atoms with Crippen LogP contribution in [0.5, 0.6) is 0 Å². The van der Waals surface area contributed by atoms with Gasteiger partial charge in [-0.3, -0.25) is 4.98 Å². The number of nitrogens with two attached hydrogens (primary N) is 1. The molecule has 0 aliphatic heterocycles. The minimum absolute atomic E-state index is 0.0352. The van der Waals surface area contributed by atoms with E-state index in [1.807, 2.05) is 26.0 Å². The Morgan fingerprint density at radius 2 is 2.06 bits per heavy atom. The topological polar surface area (TPSA) is 59.1 Å². The number of aromatic nitrogens is 1. The van der Waals surface area contributed by atoms with Crippen molar-refractivity contribution >= 4 is 10.9 Å². The second-order valence-corrected chi connectivity index (χ2v) is 4.88. The van der Waals surface area contributed by atoms with E-state index in [2.05, 4.69) is 23.2 Å². The van der Waals surface area contributed by atoms with Crippen molar-refractivity contribution in [1.29, 1.82) is 0 Å². The van der Waals surface area contributed by atoms with Crippen LogP contribution in [0.2, 0.25) is 0 Å². The monoisotopic (exact) mass is 244 g/mol. The van der Waals surface area contributed by atoms with Crippen LogP contribution >= 0.6 is 0 Å². The van der Waals surface area contributed by atoms with Gasteiger partial charge in [0.05, 0.1) is 5.52 Å². The van der Waals surface area contributed by atoms with Crippen molar-refractivity contribution in [3.8, 4) is 0 Å². The molecule has 3 N–H and O–H groups in total. The highest BCUT2D eigenvalue weighted by molar-refractivity contribution is 5.79. The van der Waals surface area contributed by atoms with Gasteiger partial charge in [0.15, 0.2) is 0 Å². The normalized spacial score (nSPS) is 14.7. The lowest BCUT2D eigenvalue weighted by Gasteiger charge is -2.20. The van der Waals surface area contributed by atoms with Crippen LogP contribution < -0.4 is 5.73 Å². The molecule has 1 aromatic carbocycles. The molecule has 0 spiro atoms. The number of aryl methyl sites for hydroxylation is 1. The number of benzene rings is 1. The largest absolute Gasteiger partial charge is 0.396 e. The van der Waals surface area contributed by atoms with E-state index in [0.29, 0.717) is 6.42 Å². The average molecular weight is 244 g/mol. The van der Waals surface area contributed by atoms with Crippen molar-refractivity contribution in [3.63, 3.8) is 0 Å². The molecule has 0 radical (unpaired) electrons. The van der Waals surface area contributed by atoms with Crippen LogP contribution in [-0.4, -0.2) is 22.7 Å². The lowest BCUT2D eigenvalue weighted by Crippen LogP contribution is -2.25. The Balaban J connectivity index is 2.42. The van der Waals surface area contributed by atoms with E-state index in [-0.39, 0.29) is 18.6 Å². The second-order valence-electron chi connectivity index (χ2n) is 4.88. The van der Waals surface area contributed by atoms with Gasteiger partial charge >= 0.3 is 0 Å². The molecule has 0 bridgehead atoms. The van der Waals surface area contributed by atoms with Gasteiger partial charge in [-0.1, -0.05) is 12.1 Å². The summed E-state index contributed by atoms with van der Waals surface area (Å²) in [6.45, 7) is 4.14. The van der Waals surface area contributed by atoms with Crippen LogP contribution in [0.3, 0.4) is 0 Å². The number of aliphatic hydroxyl groups excluding tert-OH is 1. The van der Waals surface area contributed by atoms with Crippen molar-refractivity contribution in [3.05, 3.63) is 41.6 Å². The van der Waals surface area contributed by atoms with Gasteiger partial charge in [-0.05, 0) is 44.0 Å². The van der Waals surface area contributed by atoms with E-state index in [0.717, 1.165) is 16.6 Å². The van der Waals surface area contributed by atoms with Gasteiger partial charge in [0, 0.05) is 29.6 Å². The molecule has 2 rings (SSSR count). The summed E-state index contributed by atoms with van der Waals surface area (Å²) in [4.78, 5) is 4.49. The molecule has 0 aliphatic rings. The van der Waals surface area contributed by atoms with E-state index in [1.54, 1.807) is 0 Å². The molecular formula is C15H20N2O. The predicted molar refractivity (Wildman–Crippen MR) is 74.6 cm³/mol. The van der Waals surface area contributed by atoms with Gasteiger partial charge in [0.25, 0.3) is 0 Å². The highest BCUT2D eigenvalue weighted by Gasteiger charge is 2.16. The summed E-state index contributed by atoms with van der Waals surface area (Å²) in [6.07, 6.45) is 0.697. The molecule has 0 saturated heterocycles. The first-order valence-electron chi connectivity index (χ1n) is 6.35. The molecule has 2 unspecified atom stereocenters. The van der Waals surface area contributed by atoms with Gasteiger partial charge in [0.1, 0.15) is 0 Å². The van der Waals surface area contributed by atoms with E-state index in [9.17, 15) is 0 Å². The number of hydrogen-bond donors (Lipinski definition) is 2. The number of nitrogens with zero attached hydrogens (tertiary/aromatic N) is 1. The Hall–Kier alpha value is -1.45. The van der Waals surface area contributed by atoms with Gasteiger partial charge in [-0.15, -0.1) is 0 Å². The van der Waals surface area contributed by atoms with Crippen LogP contribution in [0.15, 0.2) is 30.3 Å². The Bertz CT molecular complexity index is 537. The standard InChI is InChI=1S/C15H20N2O/c1-10-3-4-13-9-12(5-6-15(13)17-10)14(7-8-18)11(2)16/h3-6,9,11,14,18H,7-8,16H2,1-2H3. The zero-order valence-electron chi connectivity index (χ0n) is 10.9. The molecule has 3 nitrogen and oxygen atoms in total. The van der Waals surface area contributed by atoms with Crippen LogP contribution in [-0.2, 0) is 0 Å². The summed E-state index contributed by atoms with van der Waals surface area (Å²) in [7, 11) is 0. The van der Waals surface area contributed by atoms with E-state index < -0.39 is 0 Å². The highest BCUT2D eigenvalue weighted by atomic mass is 16.3. The minimum atomic E-state index is 0.0352. The fourth-order valence-corrected chi connectivity index (χ4v) is 2.35. The first-order chi connectivity index (χ1) is 8.61. The first kappa shape index (κ1) is 13.0. The molecule has 2 aromatic rings. The third-order valence-corrected chi connectivity index (χ3v) is 3.36. The lowest BCUT2D eigenvalue weighted by atomic mass is 9.89. The van der Waals surface area contributed by atoms with Crippen LogP contribution in [0, 0.1) is 6.92 Å². The number of fused-ring (bicyclic) bond motifs is 1. The molecule has 0 aliphatic carbocycles. The Labute approximate surface area is 108 Å². The second kappa shape index (κ2) is 5.46. The molecule has 0 amide bonds. The number of hydrogen-bond acceptors (Lipinski definition) is 3. The number of pyridine rings is 1. The van der Waals surface area contributed by atoms with Crippen molar-refractivity contribution in [2.24, 2.45) is 5.73 Å². The maximum atomic E-state index is 9.13. The van der Waals surface area contributed by atoms with E-state index in [4.69, 9.17) is 10.8 Å². The third-order valence-electron chi connectivity index (χ3n) is 3.36. The lowest BCUT2D eigenvalue weighted by molar-refractivity contribution is 0.269. The molecule has 0 fully saturated rings. The van der Waals surface area contributed by atoms with Crippen molar-refractivity contribution in [1.82, 2.24) is 4.98 Å². The molecular weight excluding hydrogens is 224 g/mol. The van der Waals surface area contributed by atoms with Crippen molar-refractivity contribution < 1.29 is 5.11 Å². The van der Waals surface area contributed by atoms with Gasteiger partial charge in [-0.2, -0.15) is 0 Å². The highest BCUT2D eigenvalue weighted by Crippen LogP contribution is 2.25.